The molecule has 0 aliphatic rings. The van der Waals surface area contributed by atoms with Crippen molar-refractivity contribution < 1.29 is 22.0 Å². The molecule has 0 aromatic heterocycles. The van der Waals surface area contributed by atoms with Gasteiger partial charge in [-0.25, -0.2) is 8.78 Å². The van der Waals surface area contributed by atoms with Crippen LogP contribution >= 0.6 is 12.2 Å². The third kappa shape index (κ3) is 4.98. The number of alkyl halides is 3. The van der Waals surface area contributed by atoms with Gasteiger partial charge in [-0.2, -0.15) is 18.3 Å². The molecule has 9 heteroatoms. The van der Waals surface area contributed by atoms with Gasteiger partial charge in [0.05, 0.1) is 17.5 Å². The highest BCUT2D eigenvalue weighted by Gasteiger charge is 2.29. The number of halogens is 5. The smallest absolute Gasteiger partial charge is 0.329 e. The maximum atomic E-state index is 13.4. The second-order valence-electron chi connectivity index (χ2n) is 4.57. The largest absolute Gasteiger partial charge is 0.416 e. The van der Waals surface area contributed by atoms with Crippen LogP contribution < -0.4 is 10.7 Å². The standard InChI is InChI=1S/C15H10F5N3S/c16-11-5-6-13(12(17)7-11)22-14(24)23-21-8-9-1-3-10(4-2-9)15(18,19)20/h1-8H,(H2,22,23,24)/b21-8-. The topological polar surface area (TPSA) is 36.4 Å². The first-order valence-corrected chi connectivity index (χ1v) is 6.89. The fourth-order valence-electron chi connectivity index (χ4n) is 1.66. The molecule has 0 aliphatic carbocycles. The number of hydrogen-bond acceptors (Lipinski definition) is 2. The zero-order valence-corrected chi connectivity index (χ0v) is 12.7. The Morgan fingerprint density at radius 3 is 2.29 bits per heavy atom. The van der Waals surface area contributed by atoms with Crippen molar-refractivity contribution in [1.82, 2.24) is 5.43 Å². The van der Waals surface area contributed by atoms with Gasteiger partial charge in [-0.15, -0.1) is 0 Å². The number of anilines is 1. The van der Waals surface area contributed by atoms with Crippen molar-refractivity contribution in [2.75, 3.05) is 5.32 Å². The van der Waals surface area contributed by atoms with Gasteiger partial charge in [0.2, 0.25) is 0 Å². The van der Waals surface area contributed by atoms with Gasteiger partial charge in [0.25, 0.3) is 0 Å². The lowest BCUT2D eigenvalue weighted by Gasteiger charge is -2.08. The van der Waals surface area contributed by atoms with E-state index in [1.807, 2.05) is 0 Å². The Kier molecular flexibility index (Phi) is 5.45. The first-order chi connectivity index (χ1) is 11.3. The van der Waals surface area contributed by atoms with E-state index < -0.39 is 23.4 Å². The highest BCUT2D eigenvalue weighted by Crippen LogP contribution is 2.28. The third-order valence-corrected chi connectivity index (χ3v) is 2.99. The molecule has 0 bridgehead atoms. The van der Waals surface area contributed by atoms with Crippen molar-refractivity contribution in [3.8, 4) is 0 Å². The van der Waals surface area contributed by atoms with Crippen LogP contribution in [0.1, 0.15) is 11.1 Å². The van der Waals surface area contributed by atoms with Crippen molar-refractivity contribution in [1.29, 1.82) is 0 Å². The summed E-state index contributed by atoms with van der Waals surface area (Å²) in [5.74, 6) is -1.55. The van der Waals surface area contributed by atoms with Gasteiger partial charge in [-0.05, 0) is 42.0 Å². The lowest BCUT2D eigenvalue weighted by atomic mass is 10.1. The van der Waals surface area contributed by atoms with Crippen LogP contribution in [-0.4, -0.2) is 11.3 Å². The minimum atomic E-state index is -4.40. The molecule has 126 valence electrons. The van der Waals surface area contributed by atoms with E-state index in [-0.39, 0.29) is 10.8 Å². The predicted molar refractivity (Wildman–Crippen MR) is 84.8 cm³/mol. The summed E-state index contributed by atoms with van der Waals surface area (Å²) < 4.78 is 63.4. The van der Waals surface area contributed by atoms with Crippen LogP contribution in [0.5, 0.6) is 0 Å². The first kappa shape index (κ1) is 17.8. The normalized spacial score (nSPS) is 11.5. The molecule has 24 heavy (non-hydrogen) atoms. The van der Waals surface area contributed by atoms with Gasteiger partial charge in [-0.3, -0.25) is 5.43 Å². The maximum absolute atomic E-state index is 13.4. The zero-order chi connectivity index (χ0) is 17.7. The number of nitrogens with one attached hydrogen (secondary N) is 2. The Bertz CT molecular complexity index is 757. The summed E-state index contributed by atoms with van der Waals surface area (Å²) in [5, 5.41) is 6.12. The maximum Gasteiger partial charge on any atom is 0.416 e. The SMILES string of the molecule is Fc1ccc(NC(=S)N/N=C\c2ccc(C(F)(F)F)cc2)c(F)c1. The molecule has 2 aromatic carbocycles. The molecular weight excluding hydrogens is 349 g/mol. The van der Waals surface area contributed by atoms with E-state index in [4.69, 9.17) is 12.2 Å². The van der Waals surface area contributed by atoms with E-state index in [1.54, 1.807) is 0 Å². The summed E-state index contributed by atoms with van der Waals surface area (Å²) in [6, 6.07) is 7.24. The van der Waals surface area contributed by atoms with E-state index in [9.17, 15) is 22.0 Å². The fourth-order valence-corrected chi connectivity index (χ4v) is 1.83. The first-order valence-electron chi connectivity index (χ1n) is 6.48. The van der Waals surface area contributed by atoms with E-state index in [0.717, 1.165) is 24.3 Å². The summed E-state index contributed by atoms with van der Waals surface area (Å²) in [7, 11) is 0. The van der Waals surface area contributed by atoms with E-state index >= 15 is 0 Å². The molecule has 2 rings (SSSR count). The average Bonchev–Trinajstić information content (AvgIpc) is 2.50. The van der Waals surface area contributed by atoms with Crippen LogP contribution in [0.2, 0.25) is 0 Å². The molecule has 0 fully saturated rings. The number of hydrazone groups is 1. The molecule has 0 amide bonds. The van der Waals surface area contributed by atoms with E-state index in [1.165, 1.54) is 18.3 Å². The predicted octanol–water partition coefficient (Wildman–Crippen LogP) is 4.30. The second kappa shape index (κ2) is 7.35. The monoisotopic (exact) mass is 359 g/mol. The lowest BCUT2D eigenvalue weighted by molar-refractivity contribution is -0.137. The van der Waals surface area contributed by atoms with Crippen LogP contribution in [-0.2, 0) is 6.18 Å². The van der Waals surface area contributed by atoms with Crippen molar-refractivity contribution in [3.05, 3.63) is 65.2 Å². The van der Waals surface area contributed by atoms with Crippen LogP contribution in [0.3, 0.4) is 0 Å². The quantitative estimate of drug-likeness (QED) is 0.371. The summed E-state index contributed by atoms with van der Waals surface area (Å²) in [5.41, 5.74) is 1.97. The van der Waals surface area contributed by atoms with Crippen LogP contribution in [0, 0.1) is 11.6 Å². The van der Waals surface area contributed by atoms with Gasteiger partial charge < -0.3 is 5.32 Å². The Labute approximate surface area is 139 Å². The Hall–Kier alpha value is -2.55. The molecule has 0 saturated carbocycles. The van der Waals surface area contributed by atoms with E-state index in [2.05, 4.69) is 15.8 Å². The number of benzene rings is 2. The van der Waals surface area contributed by atoms with Crippen molar-refractivity contribution in [3.63, 3.8) is 0 Å². The number of rotatable bonds is 3. The van der Waals surface area contributed by atoms with Crippen molar-refractivity contribution in [2.24, 2.45) is 5.10 Å². The number of thiocarbonyl (C=S) groups is 1. The van der Waals surface area contributed by atoms with Gasteiger partial charge in [0, 0.05) is 6.07 Å². The van der Waals surface area contributed by atoms with E-state index in [0.29, 0.717) is 11.6 Å². The molecule has 0 atom stereocenters. The summed E-state index contributed by atoms with van der Waals surface area (Å²) >= 11 is 4.87. The summed E-state index contributed by atoms with van der Waals surface area (Å²) in [4.78, 5) is 0. The van der Waals surface area contributed by atoms with Crippen LogP contribution in [0.4, 0.5) is 27.6 Å². The molecule has 3 nitrogen and oxygen atoms in total. The summed E-state index contributed by atoms with van der Waals surface area (Å²) in [6.07, 6.45) is -3.16. The second-order valence-corrected chi connectivity index (χ2v) is 4.98. The molecule has 2 N–H and O–H groups in total. The zero-order valence-electron chi connectivity index (χ0n) is 11.9. The highest BCUT2D eigenvalue weighted by atomic mass is 32.1. The molecule has 0 radical (unpaired) electrons. The van der Waals surface area contributed by atoms with Crippen molar-refractivity contribution >= 4 is 29.2 Å². The molecule has 0 unspecified atom stereocenters. The van der Waals surface area contributed by atoms with Gasteiger partial charge in [-0.1, -0.05) is 12.1 Å². The van der Waals surface area contributed by atoms with Crippen molar-refractivity contribution in [2.45, 2.75) is 6.18 Å². The van der Waals surface area contributed by atoms with Gasteiger partial charge in [0.15, 0.2) is 5.11 Å². The third-order valence-electron chi connectivity index (χ3n) is 2.80. The minimum absolute atomic E-state index is 0.0429. The fraction of sp³-hybridized carbons (Fsp3) is 0.0667. The average molecular weight is 359 g/mol. The molecule has 0 heterocycles. The molecule has 0 spiro atoms. The highest BCUT2D eigenvalue weighted by molar-refractivity contribution is 7.80. The Morgan fingerprint density at radius 2 is 1.71 bits per heavy atom. The lowest BCUT2D eigenvalue weighted by Crippen LogP contribution is -2.24. The summed E-state index contributed by atoms with van der Waals surface area (Å²) in [6.45, 7) is 0. The van der Waals surface area contributed by atoms with Gasteiger partial charge >= 0.3 is 6.18 Å². The molecule has 0 aliphatic heterocycles. The van der Waals surface area contributed by atoms with Gasteiger partial charge in [0.1, 0.15) is 11.6 Å². The Morgan fingerprint density at radius 1 is 1.04 bits per heavy atom. The number of nitrogens with zero attached hydrogens (tertiary/aromatic N) is 1. The Balaban J connectivity index is 1.92. The molecular formula is C15H10F5N3S. The van der Waals surface area contributed by atoms with Crippen LogP contribution in [0.15, 0.2) is 47.6 Å². The molecule has 0 saturated heterocycles. The van der Waals surface area contributed by atoms with Crippen LogP contribution in [0.25, 0.3) is 0 Å². The number of hydrogen-bond donors (Lipinski definition) is 2. The molecule has 2 aromatic rings. The minimum Gasteiger partial charge on any atom is -0.329 e.